The number of methoxy groups -OCH3 is 1. The van der Waals surface area contributed by atoms with Crippen molar-refractivity contribution in [2.75, 3.05) is 13.7 Å². The van der Waals surface area contributed by atoms with Crippen molar-refractivity contribution in [2.24, 2.45) is 0 Å². The van der Waals surface area contributed by atoms with Crippen LogP contribution in [0.15, 0.2) is 67.0 Å². The van der Waals surface area contributed by atoms with Gasteiger partial charge >= 0.3 is 0 Å². The fraction of sp³-hybridized carbons (Fsp3) is 0.350. The van der Waals surface area contributed by atoms with Gasteiger partial charge in [0.25, 0.3) is 11.8 Å². The third-order valence-corrected chi connectivity index (χ3v) is 11.9. The predicted molar refractivity (Wildman–Crippen MR) is 205 cm³/mol. The molecule has 276 valence electrons. The first-order valence-electron chi connectivity index (χ1n) is 18.0. The average molecular weight is 737 g/mol. The molecule has 0 bridgehead atoms. The first-order valence-corrected chi connectivity index (χ1v) is 19.6. The number of amides is 2. The molecule has 3 aromatic heterocycles. The van der Waals surface area contributed by atoms with E-state index in [0.29, 0.717) is 22.8 Å². The molecule has 2 aliphatic rings. The number of benzene rings is 2. The van der Waals surface area contributed by atoms with Gasteiger partial charge in [0.2, 0.25) is 10.0 Å². The van der Waals surface area contributed by atoms with Crippen molar-refractivity contribution in [1.29, 1.82) is 0 Å². The lowest BCUT2D eigenvalue weighted by Crippen LogP contribution is -2.35. The summed E-state index contributed by atoms with van der Waals surface area (Å²) < 4.78 is 37.3. The molecule has 53 heavy (non-hydrogen) atoms. The number of nitrogens with zero attached hydrogens (tertiary/aromatic N) is 4. The van der Waals surface area contributed by atoms with Gasteiger partial charge in [0, 0.05) is 34.8 Å². The summed E-state index contributed by atoms with van der Waals surface area (Å²) in [6, 6.07) is 16.9. The van der Waals surface area contributed by atoms with Gasteiger partial charge in [-0.15, -0.1) is 0 Å². The Morgan fingerprint density at radius 3 is 2.49 bits per heavy atom. The van der Waals surface area contributed by atoms with Crippen molar-refractivity contribution in [1.82, 2.24) is 29.4 Å². The number of carbonyl (C=O) groups is 2. The number of carbonyl (C=O) groups excluding carboxylic acids is 2. The number of fused-ring (bicyclic) bond motifs is 5. The van der Waals surface area contributed by atoms with Gasteiger partial charge in [-0.25, -0.2) is 22.8 Å². The van der Waals surface area contributed by atoms with Crippen LogP contribution in [0.2, 0.25) is 0 Å². The maximum absolute atomic E-state index is 13.8. The van der Waals surface area contributed by atoms with Gasteiger partial charge in [-0.3, -0.25) is 9.59 Å². The van der Waals surface area contributed by atoms with E-state index in [1.165, 1.54) is 32.0 Å². The normalized spacial score (nSPS) is 15.3. The summed E-state index contributed by atoms with van der Waals surface area (Å²) >= 11 is 0. The highest BCUT2D eigenvalue weighted by Gasteiger charge is 2.32. The monoisotopic (exact) mass is 736 g/mol. The molecule has 1 atom stereocenters. The van der Waals surface area contributed by atoms with Crippen molar-refractivity contribution in [3.05, 3.63) is 94.9 Å². The standard InChI is InChI=1S/C40H44N6O6S/c1-24(2)53(50,51)44-39(48)27-13-15-32-34(20-27)45-23-29(37-33(40(49)42-21-25(3)47)22-43-46(37)35-12-8-9-17-41-35)18-28-19-30(52-4)14-16-31(28)38(45)36(32)26-10-6-5-7-11-26/h8-9,12-20,22,24-26,47H,5-7,10-11,21,23H2,1-4H3,(H,42,49)(H,44,48)/t25-/m1/s1. The number of hydrogen-bond donors (Lipinski definition) is 3. The maximum atomic E-state index is 13.8. The van der Waals surface area contributed by atoms with E-state index in [1.807, 2.05) is 36.4 Å². The van der Waals surface area contributed by atoms with Crippen LogP contribution < -0.4 is 14.8 Å². The van der Waals surface area contributed by atoms with Crippen LogP contribution in [0.3, 0.4) is 0 Å². The van der Waals surface area contributed by atoms with E-state index in [9.17, 15) is 23.1 Å². The molecule has 5 aromatic rings. The fourth-order valence-electron chi connectivity index (χ4n) is 7.44. The SMILES string of the molecule is COc1ccc2c(c1)C=C(c1c(C(=O)NC[C@@H](C)O)cnn1-c1ccccn1)Cn1c-2c(C2CCCCC2)c2ccc(C(=O)NS(=O)(=O)C(C)C)cc21. The molecule has 12 nitrogen and oxygen atoms in total. The van der Waals surface area contributed by atoms with Crippen LogP contribution >= 0.6 is 0 Å². The summed E-state index contributed by atoms with van der Waals surface area (Å²) in [5.74, 6) is 0.349. The summed E-state index contributed by atoms with van der Waals surface area (Å²) in [5.41, 5.74) is 6.60. The summed E-state index contributed by atoms with van der Waals surface area (Å²) in [6.07, 6.45) is 9.91. The molecular weight excluding hydrogens is 693 g/mol. The highest BCUT2D eigenvalue weighted by molar-refractivity contribution is 7.90. The molecule has 2 aromatic carbocycles. The second-order valence-corrected chi connectivity index (χ2v) is 16.4. The molecule has 4 heterocycles. The maximum Gasteiger partial charge on any atom is 0.264 e. The van der Waals surface area contributed by atoms with Crippen molar-refractivity contribution in [3.63, 3.8) is 0 Å². The Morgan fingerprint density at radius 2 is 1.79 bits per heavy atom. The van der Waals surface area contributed by atoms with Crippen molar-refractivity contribution in [2.45, 2.75) is 76.7 Å². The molecule has 13 heteroatoms. The number of pyridine rings is 1. The lowest BCUT2D eigenvalue weighted by atomic mass is 9.81. The lowest BCUT2D eigenvalue weighted by molar-refractivity contribution is 0.0922. The van der Waals surface area contributed by atoms with Crippen molar-refractivity contribution >= 4 is 44.4 Å². The Balaban J connectivity index is 1.50. The Hall–Kier alpha value is -5.27. The van der Waals surface area contributed by atoms with Gasteiger partial charge in [0.05, 0.1) is 48.2 Å². The minimum atomic E-state index is -3.87. The largest absolute Gasteiger partial charge is 0.497 e. The van der Waals surface area contributed by atoms with Crippen LogP contribution in [0.1, 0.15) is 96.3 Å². The number of hydrogen-bond acceptors (Lipinski definition) is 8. The summed E-state index contributed by atoms with van der Waals surface area (Å²) in [7, 11) is -2.24. The van der Waals surface area contributed by atoms with Crippen molar-refractivity contribution in [3.8, 4) is 22.8 Å². The van der Waals surface area contributed by atoms with E-state index in [2.05, 4.69) is 36.8 Å². The van der Waals surface area contributed by atoms with Crippen LogP contribution in [0.4, 0.5) is 0 Å². The molecule has 7 rings (SSSR count). The lowest BCUT2D eigenvalue weighted by Gasteiger charge is -2.24. The number of aliphatic hydroxyl groups excluding tert-OH is 1. The summed E-state index contributed by atoms with van der Waals surface area (Å²) in [6.45, 7) is 4.99. The minimum absolute atomic E-state index is 0.0562. The molecule has 0 saturated heterocycles. The quantitative estimate of drug-likeness (QED) is 0.156. The second-order valence-electron chi connectivity index (χ2n) is 14.1. The van der Waals surface area contributed by atoms with E-state index in [4.69, 9.17) is 4.74 Å². The number of allylic oxidation sites excluding steroid dienone is 1. The van der Waals surface area contributed by atoms with E-state index in [0.717, 1.165) is 59.0 Å². The highest BCUT2D eigenvalue weighted by atomic mass is 32.2. The second kappa shape index (κ2) is 14.6. The molecule has 1 aliphatic heterocycles. The minimum Gasteiger partial charge on any atom is -0.497 e. The molecule has 0 unspecified atom stereocenters. The van der Waals surface area contributed by atoms with Gasteiger partial charge in [-0.1, -0.05) is 31.4 Å². The fourth-order valence-corrected chi connectivity index (χ4v) is 8.06. The van der Waals surface area contributed by atoms with Crippen LogP contribution in [0.25, 0.3) is 39.6 Å². The predicted octanol–water partition coefficient (Wildman–Crippen LogP) is 6.08. The zero-order valence-corrected chi connectivity index (χ0v) is 31.1. The molecule has 1 fully saturated rings. The third-order valence-electron chi connectivity index (χ3n) is 10.1. The molecule has 3 N–H and O–H groups in total. The number of sulfonamides is 1. The van der Waals surface area contributed by atoms with Gasteiger partial charge < -0.3 is 19.7 Å². The zero-order chi connectivity index (χ0) is 37.4. The Kier molecular flexibility index (Phi) is 9.97. The van der Waals surface area contributed by atoms with Crippen molar-refractivity contribution < 1.29 is 27.9 Å². The molecule has 1 saturated carbocycles. The first-order chi connectivity index (χ1) is 25.5. The summed E-state index contributed by atoms with van der Waals surface area (Å²) in [4.78, 5) is 31.9. The number of aliphatic hydroxyl groups is 1. The van der Waals surface area contributed by atoms with E-state index in [-0.39, 0.29) is 24.6 Å². The molecule has 0 spiro atoms. The van der Waals surface area contributed by atoms with Gasteiger partial charge in [0.15, 0.2) is 5.82 Å². The number of nitrogens with one attached hydrogen (secondary N) is 2. The van der Waals surface area contributed by atoms with Crippen LogP contribution in [0.5, 0.6) is 5.75 Å². The molecule has 1 aliphatic carbocycles. The van der Waals surface area contributed by atoms with Crippen LogP contribution in [-0.4, -0.2) is 69.7 Å². The average Bonchev–Trinajstić information content (AvgIpc) is 3.69. The van der Waals surface area contributed by atoms with Crippen LogP contribution in [-0.2, 0) is 16.6 Å². The molecule has 0 radical (unpaired) electrons. The smallest absolute Gasteiger partial charge is 0.264 e. The first kappa shape index (κ1) is 36.1. The van der Waals surface area contributed by atoms with Gasteiger partial charge in [0.1, 0.15) is 5.75 Å². The number of ether oxygens (including phenoxy) is 1. The Bertz CT molecular complexity index is 2340. The van der Waals surface area contributed by atoms with E-state index < -0.39 is 33.2 Å². The molecular formula is C40H44N6O6S. The topological polar surface area (TPSA) is 157 Å². The number of rotatable bonds is 10. The number of aromatic nitrogens is 4. The molecule has 2 amide bonds. The Morgan fingerprint density at radius 1 is 1.00 bits per heavy atom. The van der Waals surface area contributed by atoms with Gasteiger partial charge in [-0.2, -0.15) is 5.10 Å². The van der Waals surface area contributed by atoms with Gasteiger partial charge in [-0.05, 0) is 105 Å². The van der Waals surface area contributed by atoms with Crippen LogP contribution in [0, 0.1) is 0 Å². The highest BCUT2D eigenvalue weighted by Crippen LogP contribution is 2.48. The zero-order valence-electron chi connectivity index (χ0n) is 30.3. The third kappa shape index (κ3) is 6.98. The Labute approximate surface area is 308 Å². The van der Waals surface area contributed by atoms with E-state index >= 15 is 0 Å². The van der Waals surface area contributed by atoms with E-state index in [1.54, 1.807) is 37.0 Å². The summed E-state index contributed by atoms with van der Waals surface area (Å²) in [5, 5.41) is 17.7.